The van der Waals surface area contributed by atoms with Gasteiger partial charge in [-0.05, 0) is 43.4 Å². The van der Waals surface area contributed by atoms with Gasteiger partial charge in [0.25, 0.3) is 5.62 Å². The van der Waals surface area contributed by atoms with Crippen LogP contribution in [0.1, 0.15) is 6.92 Å². The molecule has 0 atom stereocenters. The minimum absolute atomic E-state index is 0.0949. The number of benzene rings is 1. The van der Waals surface area contributed by atoms with Crippen molar-refractivity contribution in [2.24, 2.45) is 4.99 Å². The number of halogens is 2. The number of rotatable bonds is 7. The maximum Gasteiger partial charge on any atom is 0.251 e. The summed E-state index contributed by atoms with van der Waals surface area (Å²) in [6.45, 7) is 10.0. The summed E-state index contributed by atoms with van der Waals surface area (Å²) >= 11 is 0. The van der Waals surface area contributed by atoms with Crippen LogP contribution in [0.4, 0.5) is 14.6 Å². The number of pyridine rings is 1. The predicted octanol–water partition coefficient (Wildman–Crippen LogP) is 4.06. The molecule has 4 rings (SSSR count). The summed E-state index contributed by atoms with van der Waals surface area (Å²) in [6.07, 6.45) is 7.58. The lowest BCUT2D eigenvalue weighted by atomic mass is 10.2. The number of anilines is 1. The molecule has 0 fully saturated rings. The molecule has 3 aliphatic rings. The van der Waals surface area contributed by atoms with E-state index in [-0.39, 0.29) is 17.3 Å². The van der Waals surface area contributed by atoms with Crippen LogP contribution in [0.2, 0.25) is 0 Å². The Labute approximate surface area is 200 Å². The van der Waals surface area contributed by atoms with E-state index in [1.165, 1.54) is 6.07 Å². The van der Waals surface area contributed by atoms with E-state index in [2.05, 4.69) is 38.8 Å². The molecule has 1 aromatic carbocycles. The van der Waals surface area contributed by atoms with Crippen molar-refractivity contribution in [1.29, 1.82) is 0 Å². The minimum Gasteiger partial charge on any atom is -0.450 e. The molecule has 0 bridgehead atoms. The molecule has 10 heteroatoms. The highest BCUT2D eigenvalue weighted by Gasteiger charge is 2.23. The summed E-state index contributed by atoms with van der Waals surface area (Å²) in [5, 5.41) is 5.87. The van der Waals surface area contributed by atoms with E-state index in [1.807, 2.05) is 4.57 Å². The summed E-state index contributed by atoms with van der Waals surface area (Å²) in [4.78, 5) is 24.9. The van der Waals surface area contributed by atoms with Gasteiger partial charge in [-0.2, -0.15) is 4.98 Å². The Hall–Kier alpha value is -4.60. The summed E-state index contributed by atoms with van der Waals surface area (Å²) in [6, 6.07) is 4.82. The molecule has 0 radical (unpaired) electrons. The van der Waals surface area contributed by atoms with Crippen molar-refractivity contribution in [1.82, 2.24) is 19.9 Å². The van der Waals surface area contributed by atoms with Crippen molar-refractivity contribution in [3.8, 4) is 22.9 Å². The number of nitrogens with zero attached hydrogens (tertiary/aromatic N) is 4. The van der Waals surface area contributed by atoms with Crippen molar-refractivity contribution in [3.63, 3.8) is 0 Å². The molecule has 0 saturated carbocycles. The van der Waals surface area contributed by atoms with E-state index < -0.39 is 11.6 Å². The third-order valence-corrected chi connectivity index (χ3v) is 4.96. The number of carbonyl (C=O) groups excluding carboxylic acids is 1. The fraction of sp³-hybridized carbons (Fsp3) is 0.120. The molecule has 0 unspecified atom stereocenters. The Balaban J connectivity index is 1.71. The van der Waals surface area contributed by atoms with Crippen LogP contribution in [0.15, 0.2) is 84.3 Å². The third kappa shape index (κ3) is 5.32. The molecular weight excluding hydrogens is 454 g/mol. The molecule has 3 heterocycles. The van der Waals surface area contributed by atoms with Crippen LogP contribution in [0.3, 0.4) is 0 Å². The quantitative estimate of drug-likeness (QED) is 0.396. The smallest absolute Gasteiger partial charge is 0.251 e. The predicted molar refractivity (Wildman–Crippen MR) is 128 cm³/mol. The zero-order valence-corrected chi connectivity index (χ0v) is 18.9. The molecule has 35 heavy (non-hydrogen) atoms. The first-order valence-electron chi connectivity index (χ1n) is 10.6. The highest BCUT2D eigenvalue weighted by atomic mass is 19.1. The van der Waals surface area contributed by atoms with Gasteiger partial charge in [-0.1, -0.05) is 19.2 Å². The SMILES string of the molecule is C=C/C=C(\C=C(/C)N=c1ncc2cc(Oc3ccc(F)cc3F)c3n(c-2n1)CCN3)NC(=O)C=C. The van der Waals surface area contributed by atoms with E-state index in [0.29, 0.717) is 47.4 Å². The molecule has 0 spiro atoms. The van der Waals surface area contributed by atoms with E-state index in [0.717, 1.165) is 18.2 Å². The van der Waals surface area contributed by atoms with Gasteiger partial charge < -0.3 is 19.9 Å². The number of carbonyl (C=O) groups is 1. The van der Waals surface area contributed by atoms with Crippen LogP contribution >= 0.6 is 0 Å². The monoisotopic (exact) mass is 476 g/mol. The highest BCUT2D eigenvalue weighted by Crippen LogP contribution is 2.38. The van der Waals surface area contributed by atoms with Gasteiger partial charge in [0, 0.05) is 42.3 Å². The van der Waals surface area contributed by atoms with Crippen molar-refractivity contribution in [2.75, 3.05) is 11.9 Å². The number of nitrogens with one attached hydrogen (secondary N) is 2. The molecule has 3 aliphatic heterocycles. The minimum atomic E-state index is -0.802. The number of ether oxygens (including phenoxy) is 1. The zero-order valence-electron chi connectivity index (χ0n) is 18.9. The summed E-state index contributed by atoms with van der Waals surface area (Å²) < 4.78 is 35.0. The Morgan fingerprint density at radius 1 is 1.29 bits per heavy atom. The van der Waals surface area contributed by atoms with Gasteiger partial charge in [0.15, 0.2) is 23.1 Å². The van der Waals surface area contributed by atoms with E-state index in [4.69, 9.17) is 4.74 Å². The topological polar surface area (TPSA) is 93.4 Å². The van der Waals surface area contributed by atoms with Gasteiger partial charge in [-0.3, -0.25) is 4.79 Å². The summed E-state index contributed by atoms with van der Waals surface area (Å²) in [5.41, 5.74) is 1.91. The van der Waals surface area contributed by atoms with Crippen LogP contribution in [0.5, 0.6) is 11.5 Å². The molecule has 0 saturated heterocycles. The molecule has 2 N–H and O–H groups in total. The van der Waals surface area contributed by atoms with Crippen molar-refractivity contribution in [3.05, 3.63) is 96.6 Å². The highest BCUT2D eigenvalue weighted by molar-refractivity contribution is 5.88. The van der Waals surface area contributed by atoms with Crippen molar-refractivity contribution in [2.45, 2.75) is 13.5 Å². The largest absolute Gasteiger partial charge is 0.450 e. The number of amides is 1. The van der Waals surface area contributed by atoms with Gasteiger partial charge in [-0.15, -0.1) is 0 Å². The van der Waals surface area contributed by atoms with Crippen molar-refractivity contribution < 1.29 is 18.3 Å². The lowest BCUT2D eigenvalue weighted by molar-refractivity contribution is -0.115. The second kappa shape index (κ2) is 10.1. The molecule has 178 valence electrons. The van der Waals surface area contributed by atoms with Crippen LogP contribution in [-0.2, 0) is 11.3 Å². The molecular formula is C25H22F2N6O2. The summed E-state index contributed by atoms with van der Waals surface area (Å²) in [5.74, 6) is -0.354. The first-order chi connectivity index (χ1) is 16.9. The molecule has 8 nitrogen and oxygen atoms in total. The Kier molecular flexibility index (Phi) is 6.81. The number of aromatic nitrogens is 3. The van der Waals surface area contributed by atoms with Crippen LogP contribution in [0.25, 0.3) is 11.4 Å². The average molecular weight is 476 g/mol. The lowest BCUT2D eigenvalue weighted by Gasteiger charge is -2.17. The van der Waals surface area contributed by atoms with Crippen LogP contribution < -0.4 is 21.0 Å². The number of hydrogen-bond acceptors (Lipinski definition) is 6. The second-order valence-corrected chi connectivity index (χ2v) is 7.51. The Morgan fingerprint density at radius 2 is 2.11 bits per heavy atom. The summed E-state index contributed by atoms with van der Waals surface area (Å²) in [7, 11) is 0. The molecule has 0 aliphatic carbocycles. The normalized spacial score (nSPS) is 13.9. The second-order valence-electron chi connectivity index (χ2n) is 7.51. The fourth-order valence-electron chi connectivity index (χ4n) is 3.50. The zero-order chi connectivity index (χ0) is 24.9. The number of allylic oxidation sites excluding steroid dienone is 4. The van der Waals surface area contributed by atoms with Crippen LogP contribution in [0, 0.1) is 11.6 Å². The molecule has 0 aromatic heterocycles. The Morgan fingerprint density at radius 3 is 2.86 bits per heavy atom. The first kappa shape index (κ1) is 23.6. The van der Waals surface area contributed by atoms with Gasteiger partial charge >= 0.3 is 0 Å². The standard InChI is InChI=1S/C25H22F2N6O2/c1-4-6-18(31-22(34)5-2)11-15(3)30-25-29-14-16-12-21(24-28-9-10-33(24)23(16)32-25)35-20-8-7-17(26)13-19(20)27/h4-8,11-14,28H,1-2,9-10H2,3H3,(H,31,34)/b15-11+,18-6+,30-25?. The fourth-order valence-corrected chi connectivity index (χ4v) is 3.50. The van der Waals surface area contributed by atoms with Gasteiger partial charge in [0.05, 0.1) is 0 Å². The number of hydrogen-bond donors (Lipinski definition) is 2. The maximum absolute atomic E-state index is 14.1. The van der Waals surface area contributed by atoms with E-state index >= 15 is 0 Å². The van der Waals surface area contributed by atoms with Gasteiger partial charge in [-0.25, -0.2) is 18.8 Å². The maximum atomic E-state index is 14.1. The van der Waals surface area contributed by atoms with E-state index in [9.17, 15) is 13.6 Å². The average Bonchev–Trinajstić information content (AvgIpc) is 3.32. The van der Waals surface area contributed by atoms with E-state index in [1.54, 1.807) is 37.4 Å². The third-order valence-electron chi connectivity index (χ3n) is 4.96. The number of fused-ring (bicyclic) bond motifs is 3. The molecule has 1 amide bonds. The Bertz CT molecular complexity index is 1420. The van der Waals surface area contributed by atoms with Crippen LogP contribution in [-0.4, -0.2) is 27.0 Å². The lowest BCUT2D eigenvalue weighted by Crippen LogP contribution is -2.20. The molecule has 1 aromatic rings. The van der Waals surface area contributed by atoms with Crippen molar-refractivity contribution >= 4 is 11.7 Å². The first-order valence-corrected chi connectivity index (χ1v) is 10.6. The van der Waals surface area contributed by atoms with Gasteiger partial charge in [0.2, 0.25) is 5.91 Å². The van der Waals surface area contributed by atoms with Gasteiger partial charge in [0.1, 0.15) is 11.6 Å².